The molecule has 64 valence electrons. The quantitative estimate of drug-likeness (QED) is 0.611. The maximum Gasteiger partial charge on any atom is 0.140 e. The normalized spacial score (nSPS) is 12.6. The topological polar surface area (TPSA) is 43.1 Å². The predicted molar refractivity (Wildman–Crippen MR) is 47.3 cm³/mol. The van der Waals surface area contributed by atoms with Gasteiger partial charge in [0.15, 0.2) is 0 Å². The second kappa shape index (κ2) is 5.08. The molecule has 0 aromatic rings. The minimum Gasteiger partial charge on any atom is -0.330 e. The van der Waals surface area contributed by atoms with Crippen molar-refractivity contribution in [2.24, 2.45) is 11.7 Å². The van der Waals surface area contributed by atoms with Gasteiger partial charge in [0.2, 0.25) is 0 Å². The monoisotopic (exact) mass is 155 g/mol. The summed E-state index contributed by atoms with van der Waals surface area (Å²) in [6.45, 7) is 8.06. The summed E-state index contributed by atoms with van der Waals surface area (Å²) in [4.78, 5) is 11.2. The lowest BCUT2D eigenvalue weighted by Gasteiger charge is -2.07. The molecule has 0 aromatic carbocycles. The van der Waals surface area contributed by atoms with Gasteiger partial charge in [-0.25, -0.2) is 0 Å². The van der Waals surface area contributed by atoms with Gasteiger partial charge >= 0.3 is 0 Å². The van der Waals surface area contributed by atoms with Gasteiger partial charge in [-0.3, -0.25) is 4.79 Å². The Morgan fingerprint density at radius 2 is 2.18 bits per heavy atom. The Balaban J connectivity index is 3.77. The summed E-state index contributed by atoms with van der Waals surface area (Å²) in [5, 5.41) is 0. The van der Waals surface area contributed by atoms with Crippen LogP contribution in [0.15, 0.2) is 12.2 Å². The smallest absolute Gasteiger partial charge is 0.140 e. The molecule has 0 heterocycles. The van der Waals surface area contributed by atoms with Crippen molar-refractivity contribution < 1.29 is 4.79 Å². The van der Waals surface area contributed by atoms with E-state index in [0.717, 1.165) is 12.0 Å². The molecule has 0 saturated carbocycles. The molecule has 0 fully saturated rings. The fourth-order valence-corrected chi connectivity index (χ4v) is 0.677. The summed E-state index contributed by atoms with van der Waals surface area (Å²) in [6, 6.07) is 0. The summed E-state index contributed by atoms with van der Waals surface area (Å²) in [5.74, 6) is 0.192. The molecule has 0 radical (unpaired) electrons. The van der Waals surface area contributed by atoms with Crippen molar-refractivity contribution in [3.8, 4) is 0 Å². The molecule has 0 aliphatic heterocycles. The highest BCUT2D eigenvalue weighted by Gasteiger charge is 2.10. The molecule has 2 nitrogen and oxygen atoms in total. The lowest BCUT2D eigenvalue weighted by atomic mass is 9.99. The summed E-state index contributed by atoms with van der Waals surface area (Å²) in [5.41, 5.74) is 6.34. The number of ketones is 1. The number of hydrogen-bond donors (Lipinski definition) is 1. The van der Waals surface area contributed by atoms with E-state index in [0.29, 0.717) is 13.0 Å². The molecule has 0 rings (SSSR count). The van der Waals surface area contributed by atoms with Crippen LogP contribution in [-0.2, 0) is 4.79 Å². The van der Waals surface area contributed by atoms with Gasteiger partial charge in [0.05, 0.1) is 0 Å². The van der Waals surface area contributed by atoms with E-state index in [1.807, 2.05) is 13.8 Å². The summed E-state index contributed by atoms with van der Waals surface area (Å²) < 4.78 is 0. The van der Waals surface area contributed by atoms with Crippen LogP contribution in [0.4, 0.5) is 0 Å². The van der Waals surface area contributed by atoms with Crippen LogP contribution in [0.2, 0.25) is 0 Å². The molecule has 1 atom stereocenters. The molecule has 0 aromatic heterocycles. The standard InChI is InChI=1S/C9H17NO/c1-4-7(2)5-9(11)8(3)6-10/h8H,2,4-6,10H2,1,3H3. The van der Waals surface area contributed by atoms with E-state index < -0.39 is 0 Å². The lowest BCUT2D eigenvalue weighted by Crippen LogP contribution is -2.20. The van der Waals surface area contributed by atoms with E-state index in [-0.39, 0.29) is 11.7 Å². The van der Waals surface area contributed by atoms with Gasteiger partial charge in [-0.15, -0.1) is 0 Å². The van der Waals surface area contributed by atoms with Crippen LogP contribution in [0.5, 0.6) is 0 Å². The summed E-state index contributed by atoms with van der Waals surface area (Å²) >= 11 is 0. The minimum atomic E-state index is -0.0155. The zero-order chi connectivity index (χ0) is 8.85. The van der Waals surface area contributed by atoms with E-state index in [4.69, 9.17) is 5.73 Å². The predicted octanol–water partition coefficient (Wildman–Crippen LogP) is 1.51. The first-order chi connectivity index (χ1) is 5.11. The highest BCUT2D eigenvalue weighted by molar-refractivity contribution is 5.82. The maximum absolute atomic E-state index is 11.2. The van der Waals surface area contributed by atoms with E-state index in [1.54, 1.807) is 0 Å². The Labute approximate surface area is 68.5 Å². The first-order valence-electron chi connectivity index (χ1n) is 4.01. The summed E-state index contributed by atoms with van der Waals surface area (Å²) in [6.07, 6.45) is 1.37. The average molecular weight is 155 g/mol. The van der Waals surface area contributed by atoms with Gasteiger partial charge in [0, 0.05) is 18.9 Å². The summed E-state index contributed by atoms with van der Waals surface area (Å²) in [7, 11) is 0. The number of carbonyl (C=O) groups is 1. The van der Waals surface area contributed by atoms with Crippen LogP contribution in [-0.4, -0.2) is 12.3 Å². The zero-order valence-corrected chi connectivity index (χ0v) is 7.39. The average Bonchev–Trinajstić information content (AvgIpc) is 2.02. The molecule has 0 aliphatic rings. The van der Waals surface area contributed by atoms with Crippen molar-refractivity contribution in [2.75, 3.05) is 6.54 Å². The van der Waals surface area contributed by atoms with E-state index in [9.17, 15) is 4.79 Å². The van der Waals surface area contributed by atoms with Crippen molar-refractivity contribution in [3.63, 3.8) is 0 Å². The number of nitrogens with two attached hydrogens (primary N) is 1. The van der Waals surface area contributed by atoms with Gasteiger partial charge in [-0.1, -0.05) is 26.0 Å². The Bertz CT molecular complexity index is 152. The second-order valence-electron chi connectivity index (χ2n) is 2.88. The van der Waals surface area contributed by atoms with E-state index in [2.05, 4.69) is 6.58 Å². The fourth-order valence-electron chi connectivity index (χ4n) is 0.677. The molecule has 11 heavy (non-hydrogen) atoms. The Morgan fingerprint density at radius 3 is 2.55 bits per heavy atom. The van der Waals surface area contributed by atoms with Crippen molar-refractivity contribution in [2.45, 2.75) is 26.7 Å². The van der Waals surface area contributed by atoms with E-state index >= 15 is 0 Å². The van der Waals surface area contributed by atoms with Crippen LogP contribution in [0.3, 0.4) is 0 Å². The SMILES string of the molecule is C=C(CC)CC(=O)C(C)CN. The number of Topliss-reactive ketones (excluding diaryl/α,β-unsaturated/α-hetero) is 1. The van der Waals surface area contributed by atoms with Crippen LogP contribution in [0.25, 0.3) is 0 Å². The van der Waals surface area contributed by atoms with Crippen molar-refractivity contribution in [1.29, 1.82) is 0 Å². The fraction of sp³-hybridized carbons (Fsp3) is 0.667. The van der Waals surface area contributed by atoms with Gasteiger partial charge in [0.25, 0.3) is 0 Å². The number of hydrogen-bond acceptors (Lipinski definition) is 2. The third-order valence-electron chi connectivity index (χ3n) is 1.83. The second-order valence-corrected chi connectivity index (χ2v) is 2.88. The zero-order valence-electron chi connectivity index (χ0n) is 7.39. The van der Waals surface area contributed by atoms with Crippen LogP contribution in [0.1, 0.15) is 26.7 Å². The molecular formula is C9H17NO. The molecule has 0 bridgehead atoms. The molecule has 0 amide bonds. The minimum absolute atomic E-state index is 0.0155. The van der Waals surface area contributed by atoms with Gasteiger partial charge < -0.3 is 5.73 Å². The van der Waals surface area contributed by atoms with Crippen LogP contribution in [0, 0.1) is 5.92 Å². The van der Waals surface area contributed by atoms with Gasteiger partial charge in [-0.05, 0) is 6.42 Å². The Kier molecular flexibility index (Phi) is 4.79. The highest BCUT2D eigenvalue weighted by atomic mass is 16.1. The lowest BCUT2D eigenvalue weighted by molar-refractivity contribution is -0.121. The largest absolute Gasteiger partial charge is 0.330 e. The van der Waals surface area contributed by atoms with Crippen LogP contribution < -0.4 is 5.73 Å². The van der Waals surface area contributed by atoms with Crippen molar-refractivity contribution >= 4 is 5.78 Å². The maximum atomic E-state index is 11.2. The molecule has 2 heteroatoms. The van der Waals surface area contributed by atoms with Gasteiger partial charge in [-0.2, -0.15) is 0 Å². The third kappa shape index (κ3) is 3.94. The van der Waals surface area contributed by atoms with Crippen molar-refractivity contribution in [1.82, 2.24) is 0 Å². The molecule has 1 unspecified atom stereocenters. The van der Waals surface area contributed by atoms with Crippen molar-refractivity contribution in [3.05, 3.63) is 12.2 Å². The van der Waals surface area contributed by atoms with E-state index in [1.165, 1.54) is 0 Å². The van der Waals surface area contributed by atoms with Crippen LogP contribution >= 0.6 is 0 Å². The molecule has 0 aliphatic carbocycles. The number of rotatable bonds is 5. The molecule has 2 N–H and O–H groups in total. The first kappa shape index (κ1) is 10.4. The first-order valence-corrected chi connectivity index (χ1v) is 4.01. The number of allylic oxidation sites excluding steroid dienone is 1. The molecule has 0 spiro atoms. The highest BCUT2D eigenvalue weighted by Crippen LogP contribution is 2.08. The Morgan fingerprint density at radius 1 is 1.64 bits per heavy atom. The molecular weight excluding hydrogens is 138 g/mol. The van der Waals surface area contributed by atoms with Gasteiger partial charge in [0.1, 0.15) is 5.78 Å². The number of carbonyl (C=O) groups excluding carboxylic acids is 1. The molecule has 0 saturated heterocycles. The third-order valence-corrected chi connectivity index (χ3v) is 1.83. The Hall–Kier alpha value is -0.630.